The molecule has 0 bridgehead atoms. The number of hydrogen-bond donors (Lipinski definition) is 1. The maximum atomic E-state index is 11.4. The number of carbonyl (C=O) groups is 1. The zero-order chi connectivity index (χ0) is 28.4. The number of methoxy groups -OCH3 is 1. The summed E-state index contributed by atoms with van der Waals surface area (Å²) in [5, 5.41) is 9.21. The third kappa shape index (κ3) is 6.25. The number of hydrogen-bond acceptors (Lipinski definition) is 7. The second-order valence-electron chi connectivity index (χ2n) is 10.5. The second kappa shape index (κ2) is 11.7. The van der Waals surface area contributed by atoms with Gasteiger partial charge in [-0.2, -0.15) is 0 Å². The molecule has 9 heteroatoms. The SMILES string of the molecule is COc1cc(OCCCS(C)(=O)=O)cc(C)c1-c1cccc2c1CCC2Oc1ccc2c(c1)SCC2CC(=O)O. The molecule has 0 spiro atoms. The zero-order valence-electron chi connectivity index (χ0n) is 22.9. The van der Waals surface area contributed by atoms with Crippen molar-refractivity contribution in [1.82, 2.24) is 0 Å². The molecule has 2 atom stereocenters. The van der Waals surface area contributed by atoms with E-state index >= 15 is 0 Å². The molecule has 2 unspecified atom stereocenters. The quantitative estimate of drug-likeness (QED) is 0.266. The fourth-order valence-electron chi connectivity index (χ4n) is 5.67. The fraction of sp³-hybridized carbons (Fsp3) is 0.387. The summed E-state index contributed by atoms with van der Waals surface area (Å²) < 4.78 is 40.9. The predicted octanol–water partition coefficient (Wildman–Crippen LogP) is 6.21. The lowest BCUT2D eigenvalue weighted by molar-refractivity contribution is -0.137. The lowest BCUT2D eigenvalue weighted by atomic mass is 9.92. The van der Waals surface area contributed by atoms with E-state index in [1.54, 1.807) is 18.9 Å². The van der Waals surface area contributed by atoms with E-state index in [0.717, 1.165) is 57.1 Å². The molecule has 0 saturated carbocycles. The normalized spacial score (nSPS) is 17.8. The molecule has 0 amide bonds. The van der Waals surface area contributed by atoms with Crippen molar-refractivity contribution < 1.29 is 32.5 Å². The van der Waals surface area contributed by atoms with E-state index in [1.807, 2.05) is 37.3 Å². The van der Waals surface area contributed by atoms with E-state index in [4.69, 9.17) is 14.2 Å². The van der Waals surface area contributed by atoms with Crippen LogP contribution in [0.2, 0.25) is 0 Å². The Morgan fingerprint density at radius 1 is 1.10 bits per heavy atom. The van der Waals surface area contributed by atoms with Crippen LogP contribution in [0.3, 0.4) is 0 Å². The first-order valence-corrected chi connectivity index (χ1v) is 16.4. The van der Waals surface area contributed by atoms with Crippen LogP contribution in [-0.2, 0) is 21.1 Å². The van der Waals surface area contributed by atoms with E-state index < -0.39 is 15.8 Å². The Kier molecular flexibility index (Phi) is 8.33. The molecule has 1 aliphatic heterocycles. The van der Waals surface area contributed by atoms with Gasteiger partial charge in [0.15, 0.2) is 0 Å². The summed E-state index contributed by atoms with van der Waals surface area (Å²) in [5.41, 5.74) is 6.65. The summed E-state index contributed by atoms with van der Waals surface area (Å²) in [7, 11) is -1.37. The molecule has 0 aromatic heterocycles. The Morgan fingerprint density at radius 2 is 1.93 bits per heavy atom. The number of carboxylic acid groups (broad SMARTS) is 1. The first kappa shape index (κ1) is 28.4. The molecule has 3 aromatic carbocycles. The summed E-state index contributed by atoms with van der Waals surface area (Å²) in [6, 6.07) is 16.2. The summed E-state index contributed by atoms with van der Waals surface area (Å²) in [5.74, 6) is 2.32. The predicted molar refractivity (Wildman–Crippen MR) is 157 cm³/mol. The van der Waals surface area contributed by atoms with Crippen molar-refractivity contribution in [2.75, 3.05) is 31.5 Å². The molecule has 0 radical (unpaired) electrons. The van der Waals surface area contributed by atoms with Crippen molar-refractivity contribution in [3.05, 3.63) is 70.8 Å². The molecule has 2 aliphatic rings. The van der Waals surface area contributed by atoms with E-state index in [2.05, 4.69) is 18.2 Å². The van der Waals surface area contributed by atoms with E-state index in [0.29, 0.717) is 24.5 Å². The Balaban J connectivity index is 1.35. The van der Waals surface area contributed by atoms with Gasteiger partial charge in [0.25, 0.3) is 0 Å². The molecular weight excluding hydrogens is 548 g/mol. The molecule has 1 heterocycles. The molecule has 7 nitrogen and oxygen atoms in total. The van der Waals surface area contributed by atoms with Crippen molar-refractivity contribution >= 4 is 27.6 Å². The standard InChI is InChI=1S/C31H34O7S2/c1-19-14-22(37-12-5-13-40(3,34)35)16-28(36-2)31(19)26-7-4-6-25-24(26)10-11-27(25)38-21-8-9-23-20(15-30(32)33)18-39-29(23)17-21/h4,6-9,14,16-17,20,27H,5,10-13,15,18H2,1-3H3,(H,32,33). The Labute approximate surface area is 239 Å². The first-order chi connectivity index (χ1) is 19.1. The molecular formula is C31H34O7S2. The highest BCUT2D eigenvalue weighted by molar-refractivity contribution is 7.99. The number of carboxylic acids is 1. The van der Waals surface area contributed by atoms with Gasteiger partial charge < -0.3 is 19.3 Å². The number of ether oxygens (including phenoxy) is 3. The molecule has 5 rings (SSSR count). The van der Waals surface area contributed by atoms with Crippen LogP contribution in [0.4, 0.5) is 0 Å². The van der Waals surface area contributed by atoms with Crippen LogP contribution in [0.5, 0.6) is 17.2 Å². The van der Waals surface area contributed by atoms with Gasteiger partial charge in [-0.1, -0.05) is 24.3 Å². The summed E-state index contributed by atoms with van der Waals surface area (Å²) in [6.45, 7) is 2.35. The molecule has 40 heavy (non-hydrogen) atoms. The molecule has 0 saturated heterocycles. The maximum Gasteiger partial charge on any atom is 0.303 e. The number of aryl methyl sites for hydroxylation is 1. The van der Waals surface area contributed by atoms with Crippen LogP contribution in [0.25, 0.3) is 11.1 Å². The Bertz CT molecular complexity index is 1530. The minimum absolute atomic E-state index is 0.0452. The van der Waals surface area contributed by atoms with Crippen LogP contribution < -0.4 is 14.2 Å². The number of aliphatic carboxylic acids is 1. The highest BCUT2D eigenvalue weighted by atomic mass is 32.2. The van der Waals surface area contributed by atoms with Crippen LogP contribution in [0.1, 0.15) is 53.5 Å². The van der Waals surface area contributed by atoms with Gasteiger partial charge in [0.2, 0.25) is 0 Å². The average molecular weight is 583 g/mol. The molecule has 212 valence electrons. The second-order valence-corrected chi connectivity index (χ2v) is 13.8. The highest BCUT2D eigenvalue weighted by Crippen LogP contribution is 2.46. The van der Waals surface area contributed by atoms with Crippen molar-refractivity contribution in [3.63, 3.8) is 0 Å². The number of fused-ring (bicyclic) bond motifs is 2. The Morgan fingerprint density at radius 3 is 2.67 bits per heavy atom. The van der Waals surface area contributed by atoms with Crippen molar-refractivity contribution in [1.29, 1.82) is 0 Å². The first-order valence-electron chi connectivity index (χ1n) is 13.4. The van der Waals surface area contributed by atoms with Gasteiger partial charge in [-0.05, 0) is 72.2 Å². The summed E-state index contributed by atoms with van der Waals surface area (Å²) in [6.07, 6.45) is 3.48. The van der Waals surface area contributed by atoms with Gasteiger partial charge >= 0.3 is 5.97 Å². The van der Waals surface area contributed by atoms with Crippen LogP contribution in [0.15, 0.2) is 53.4 Å². The van der Waals surface area contributed by atoms with Crippen LogP contribution >= 0.6 is 11.8 Å². The minimum Gasteiger partial charge on any atom is -0.496 e. The largest absolute Gasteiger partial charge is 0.496 e. The lowest BCUT2D eigenvalue weighted by Crippen LogP contribution is -2.08. The number of sulfone groups is 1. The average Bonchev–Trinajstić information content (AvgIpc) is 3.49. The summed E-state index contributed by atoms with van der Waals surface area (Å²) in [4.78, 5) is 12.3. The maximum absolute atomic E-state index is 11.4. The number of benzene rings is 3. The van der Waals surface area contributed by atoms with Crippen molar-refractivity contribution in [2.24, 2.45) is 0 Å². The monoisotopic (exact) mass is 582 g/mol. The highest BCUT2D eigenvalue weighted by Gasteiger charge is 2.30. The summed E-state index contributed by atoms with van der Waals surface area (Å²) >= 11 is 1.69. The zero-order valence-corrected chi connectivity index (χ0v) is 24.6. The van der Waals surface area contributed by atoms with Gasteiger partial charge in [0.1, 0.15) is 33.2 Å². The van der Waals surface area contributed by atoms with Gasteiger partial charge in [0.05, 0.1) is 25.9 Å². The third-order valence-electron chi connectivity index (χ3n) is 7.47. The van der Waals surface area contributed by atoms with E-state index in [-0.39, 0.29) is 24.2 Å². The lowest BCUT2D eigenvalue weighted by Gasteiger charge is -2.19. The molecule has 1 aliphatic carbocycles. The van der Waals surface area contributed by atoms with Crippen LogP contribution in [0, 0.1) is 6.92 Å². The minimum atomic E-state index is -3.02. The third-order valence-corrected chi connectivity index (χ3v) is 9.73. The van der Waals surface area contributed by atoms with E-state index in [1.165, 1.54) is 11.8 Å². The smallest absolute Gasteiger partial charge is 0.303 e. The number of rotatable bonds is 11. The van der Waals surface area contributed by atoms with Crippen LogP contribution in [-0.4, -0.2) is 51.0 Å². The van der Waals surface area contributed by atoms with Gasteiger partial charge in [-0.25, -0.2) is 8.42 Å². The van der Waals surface area contributed by atoms with Gasteiger partial charge in [-0.15, -0.1) is 11.8 Å². The van der Waals surface area contributed by atoms with Crippen molar-refractivity contribution in [2.45, 2.75) is 49.5 Å². The Hall–Kier alpha value is -3.17. The fourth-order valence-corrected chi connectivity index (χ4v) is 7.59. The molecule has 0 fully saturated rings. The molecule has 3 aromatic rings. The number of thioether (sulfide) groups is 1. The topological polar surface area (TPSA) is 99.1 Å². The van der Waals surface area contributed by atoms with Gasteiger partial charge in [-0.3, -0.25) is 4.79 Å². The van der Waals surface area contributed by atoms with E-state index in [9.17, 15) is 18.3 Å². The van der Waals surface area contributed by atoms with Crippen molar-refractivity contribution in [3.8, 4) is 28.4 Å². The van der Waals surface area contributed by atoms with Gasteiger partial charge in [0, 0.05) is 34.5 Å². The molecule has 1 N–H and O–H groups in total.